The van der Waals surface area contributed by atoms with E-state index < -0.39 is 0 Å². The molecule has 0 spiro atoms. The maximum atomic E-state index is 13.6. The maximum absolute atomic E-state index is 13.6. The highest BCUT2D eigenvalue weighted by molar-refractivity contribution is 5.56. The average Bonchev–Trinajstić information content (AvgIpc) is 3.25. The number of benzene rings is 1. The van der Waals surface area contributed by atoms with Crippen molar-refractivity contribution in [3.8, 4) is 17.5 Å². The Morgan fingerprint density at radius 1 is 1.19 bits per heavy atom. The highest BCUT2D eigenvalue weighted by Gasteiger charge is 2.14. The summed E-state index contributed by atoms with van der Waals surface area (Å²) in [6.07, 6.45) is 6.26. The number of nitrogens with zero attached hydrogens (tertiary/aromatic N) is 5. The van der Waals surface area contributed by atoms with Crippen LogP contribution < -0.4 is 0 Å². The van der Waals surface area contributed by atoms with Gasteiger partial charge in [0.1, 0.15) is 17.3 Å². The molecule has 3 heterocycles. The zero-order valence-electron chi connectivity index (χ0n) is 14.2. The van der Waals surface area contributed by atoms with Crippen LogP contribution >= 0.6 is 0 Å². The number of aromatic nitrogens is 4. The third kappa shape index (κ3) is 2.74. The fraction of sp³-hybridized carbons (Fsp3) is 0.150. The molecule has 0 bridgehead atoms. The van der Waals surface area contributed by atoms with Gasteiger partial charge in [0.15, 0.2) is 0 Å². The molecule has 26 heavy (non-hydrogen) atoms. The van der Waals surface area contributed by atoms with Crippen molar-refractivity contribution in [2.45, 2.75) is 19.9 Å². The lowest BCUT2D eigenvalue weighted by atomic mass is 10.2. The van der Waals surface area contributed by atoms with Crippen LogP contribution in [-0.4, -0.2) is 18.9 Å². The Morgan fingerprint density at radius 3 is 2.85 bits per heavy atom. The molecule has 0 N–H and O–H groups in total. The topological polar surface area (TPSA) is 58.9 Å². The summed E-state index contributed by atoms with van der Waals surface area (Å²) in [5.74, 6) is 0.407. The molecule has 4 rings (SSSR count). The molecule has 4 aromatic rings. The summed E-state index contributed by atoms with van der Waals surface area (Å²) >= 11 is 0. The van der Waals surface area contributed by atoms with E-state index in [0.717, 1.165) is 29.0 Å². The van der Waals surface area contributed by atoms with Crippen LogP contribution in [0.3, 0.4) is 0 Å². The van der Waals surface area contributed by atoms with Gasteiger partial charge in [0, 0.05) is 29.8 Å². The molecule has 0 amide bonds. The van der Waals surface area contributed by atoms with Crippen LogP contribution in [-0.2, 0) is 13.0 Å². The molecule has 0 saturated heterocycles. The van der Waals surface area contributed by atoms with Gasteiger partial charge in [-0.05, 0) is 30.7 Å². The van der Waals surface area contributed by atoms with Crippen molar-refractivity contribution in [2.75, 3.05) is 0 Å². The summed E-state index contributed by atoms with van der Waals surface area (Å²) in [5.41, 5.74) is 4.06. The molecule has 1 aromatic carbocycles. The molecule has 0 radical (unpaired) electrons. The Balaban J connectivity index is 1.77. The minimum atomic E-state index is -0.289. The molecular weight excluding hydrogens is 329 g/mol. The first-order valence-electron chi connectivity index (χ1n) is 8.36. The molecule has 0 aliphatic heterocycles. The van der Waals surface area contributed by atoms with Crippen LogP contribution in [0.5, 0.6) is 0 Å². The molecule has 3 aromatic heterocycles. The van der Waals surface area contributed by atoms with Crippen molar-refractivity contribution in [2.24, 2.45) is 0 Å². The Hall–Kier alpha value is -3.46. The Bertz CT molecular complexity index is 1130. The van der Waals surface area contributed by atoms with Gasteiger partial charge in [-0.3, -0.25) is 0 Å². The fourth-order valence-electron chi connectivity index (χ4n) is 3.20. The third-order valence-electron chi connectivity index (χ3n) is 4.39. The summed E-state index contributed by atoms with van der Waals surface area (Å²) in [4.78, 5) is 9.09. The minimum Gasteiger partial charge on any atom is -0.325 e. The highest BCUT2D eigenvalue weighted by atomic mass is 19.1. The predicted molar refractivity (Wildman–Crippen MR) is 96.0 cm³/mol. The van der Waals surface area contributed by atoms with E-state index >= 15 is 0 Å². The average molecular weight is 345 g/mol. The van der Waals surface area contributed by atoms with Crippen molar-refractivity contribution < 1.29 is 4.39 Å². The maximum Gasteiger partial charge on any atom is 0.140 e. The molecule has 0 unspecified atom stereocenters. The largest absolute Gasteiger partial charge is 0.325 e. The van der Waals surface area contributed by atoms with Gasteiger partial charge >= 0.3 is 0 Å². The second kappa shape index (κ2) is 6.45. The number of rotatable bonds is 4. The number of hydrogen-bond donors (Lipinski definition) is 0. The van der Waals surface area contributed by atoms with Crippen LogP contribution in [0.4, 0.5) is 4.39 Å². The molecule has 0 aliphatic carbocycles. The van der Waals surface area contributed by atoms with Gasteiger partial charge in [-0.1, -0.05) is 19.1 Å². The molecule has 0 aliphatic rings. The zero-order chi connectivity index (χ0) is 18.1. The van der Waals surface area contributed by atoms with Gasteiger partial charge in [-0.25, -0.2) is 14.4 Å². The number of aryl methyl sites for hydroxylation is 1. The molecular formula is C20H16FN5. The summed E-state index contributed by atoms with van der Waals surface area (Å²) in [5, 5.41) is 9.09. The van der Waals surface area contributed by atoms with E-state index in [1.165, 1.54) is 12.1 Å². The summed E-state index contributed by atoms with van der Waals surface area (Å²) in [6, 6.07) is 12.1. The normalized spacial score (nSPS) is 11.0. The standard InChI is InChI=1S/C20H16FN5/c1-2-18-17(24-19-10-14(12-22)6-8-26(18)19)13-25-9-7-23-20(25)15-4-3-5-16(21)11-15/h3-11H,2,13H2,1H3. The lowest BCUT2D eigenvalue weighted by molar-refractivity contribution is 0.628. The third-order valence-corrected chi connectivity index (χ3v) is 4.39. The van der Waals surface area contributed by atoms with Gasteiger partial charge in [-0.2, -0.15) is 5.26 Å². The van der Waals surface area contributed by atoms with E-state index in [0.29, 0.717) is 17.9 Å². The highest BCUT2D eigenvalue weighted by Crippen LogP contribution is 2.21. The van der Waals surface area contributed by atoms with Gasteiger partial charge in [-0.15, -0.1) is 0 Å². The minimum absolute atomic E-state index is 0.289. The summed E-state index contributed by atoms with van der Waals surface area (Å²) < 4.78 is 17.5. The lowest BCUT2D eigenvalue weighted by Crippen LogP contribution is -2.04. The number of nitriles is 1. The number of halogens is 1. The van der Waals surface area contributed by atoms with Crippen molar-refractivity contribution in [1.82, 2.24) is 18.9 Å². The summed E-state index contributed by atoms with van der Waals surface area (Å²) in [7, 11) is 0. The van der Waals surface area contributed by atoms with Crippen molar-refractivity contribution >= 4 is 5.65 Å². The van der Waals surface area contributed by atoms with Crippen LogP contribution in [0, 0.1) is 17.1 Å². The molecule has 128 valence electrons. The van der Waals surface area contributed by atoms with E-state index in [1.54, 1.807) is 24.4 Å². The number of imidazole rings is 2. The van der Waals surface area contributed by atoms with E-state index in [-0.39, 0.29) is 5.82 Å². The van der Waals surface area contributed by atoms with Gasteiger partial charge < -0.3 is 8.97 Å². The fourth-order valence-corrected chi connectivity index (χ4v) is 3.20. The first-order valence-corrected chi connectivity index (χ1v) is 8.36. The first kappa shape index (κ1) is 16.0. The number of hydrogen-bond acceptors (Lipinski definition) is 3. The van der Waals surface area contributed by atoms with Crippen LogP contribution in [0.15, 0.2) is 55.0 Å². The van der Waals surface area contributed by atoms with Gasteiger partial charge in [0.2, 0.25) is 0 Å². The molecule has 0 atom stereocenters. The van der Waals surface area contributed by atoms with Crippen molar-refractivity contribution in [3.63, 3.8) is 0 Å². The molecule has 5 nitrogen and oxygen atoms in total. The second-order valence-electron chi connectivity index (χ2n) is 6.00. The summed E-state index contributed by atoms with van der Waals surface area (Å²) in [6.45, 7) is 2.60. The van der Waals surface area contributed by atoms with Gasteiger partial charge in [0.25, 0.3) is 0 Å². The predicted octanol–water partition coefficient (Wildman–Crippen LogP) is 3.82. The van der Waals surface area contributed by atoms with Crippen LogP contribution in [0.2, 0.25) is 0 Å². The van der Waals surface area contributed by atoms with E-state index in [9.17, 15) is 4.39 Å². The van der Waals surface area contributed by atoms with E-state index in [2.05, 4.69) is 18.0 Å². The number of fused-ring (bicyclic) bond motifs is 1. The lowest BCUT2D eigenvalue weighted by Gasteiger charge is -2.08. The van der Waals surface area contributed by atoms with Crippen molar-refractivity contribution in [1.29, 1.82) is 5.26 Å². The molecule has 0 fully saturated rings. The Kier molecular flexibility index (Phi) is 3.98. The van der Waals surface area contributed by atoms with Crippen LogP contribution in [0.1, 0.15) is 23.9 Å². The molecule has 0 saturated carbocycles. The SMILES string of the molecule is CCc1c(Cn2ccnc2-c2cccc(F)c2)nc2cc(C#N)ccn12. The van der Waals surface area contributed by atoms with E-state index in [1.807, 2.05) is 27.4 Å². The van der Waals surface area contributed by atoms with Crippen molar-refractivity contribution in [3.05, 3.63) is 77.8 Å². The smallest absolute Gasteiger partial charge is 0.140 e. The first-order chi connectivity index (χ1) is 12.7. The number of pyridine rings is 1. The van der Waals surface area contributed by atoms with Gasteiger partial charge in [0.05, 0.1) is 23.9 Å². The Labute approximate surface area is 150 Å². The zero-order valence-corrected chi connectivity index (χ0v) is 14.2. The quantitative estimate of drug-likeness (QED) is 0.565. The monoisotopic (exact) mass is 345 g/mol. The Morgan fingerprint density at radius 2 is 2.08 bits per heavy atom. The van der Waals surface area contributed by atoms with E-state index in [4.69, 9.17) is 10.2 Å². The van der Waals surface area contributed by atoms with Crippen LogP contribution in [0.25, 0.3) is 17.0 Å². The molecule has 6 heteroatoms. The second-order valence-corrected chi connectivity index (χ2v) is 6.00.